The van der Waals surface area contributed by atoms with Gasteiger partial charge in [-0.25, -0.2) is 4.39 Å². The van der Waals surface area contributed by atoms with Gasteiger partial charge in [0.05, 0.1) is 0 Å². The second kappa shape index (κ2) is 7.94. The predicted molar refractivity (Wildman–Crippen MR) is 108 cm³/mol. The van der Waals surface area contributed by atoms with Crippen LogP contribution in [0.4, 0.5) is 4.39 Å². The number of fused-ring (bicyclic) bond motifs is 1. The van der Waals surface area contributed by atoms with Gasteiger partial charge in [-0.3, -0.25) is 4.79 Å². The number of nitrogens with zero attached hydrogens (tertiary/aromatic N) is 3. The molecule has 0 radical (unpaired) electrons. The van der Waals surface area contributed by atoms with Crippen LogP contribution in [0.5, 0.6) is 11.5 Å². The highest BCUT2D eigenvalue weighted by Gasteiger charge is 2.18. The molecule has 0 unspecified atom stereocenters. The van der Waals surface area contributed by atoms with Gasteiger partial charge in [0, 0.05) is 18.3 Å². The first kappa shape index (κ1) is 18.9. The molecule has 0 spiro atoms. The lowest BCUT2D eigenvalue weighted by molar-refractivity contribution is -0.121. The fourth-order valence-corrected chi connectivity index (χ4v) is 3.24. The molecule has 4 aromatic rings. The van der Waals surface area contributed by atoms with E-state index in [9.17, 15) is 9.18 Å². The number of ether oxygens (including phenoxy) is 2. The van der Waals surface area contributed by atoms with Crippen molar-refractivity contribution in [2.45, 2.75) is 13.1 Å². The maximum Gasteiger partial charge on any atom is 0.274 e. The van der Waals surface area contributed by atoms with E-state index in [2.05, 4.69) is 15.5 Å². The van der Waals surface area contributed by atoms with E-state index in [1.165, 1.54) is 12.1 Å². The normalized spacial score (nSPS) is 12.2. The minimum atomic E-state index is -0.313. The number of amides is 1. The Morgan fingerprint density at radius 2 is 1.94 bits per heavy atom. The summed E-state index contributed by atoms with van der Waals surface area (Å²) >= 11 is 0. The molecule has 0 aliphatic carbocycles. The van der Waals surface area contributed by atoms with Gasteiger partial charge in [0.25, 0.3) is 5.89 Å². The molecule has 0 atom stereocenters. The van der Waals surface area contributed by atoms with E-state index in [1.54, 1.807) is 47.2 Å². The van der Waals surface area contributed by atoms with Crippen molar-refractivity contribution in [1.82, 2.24) is 20.0 Å². The molecule has 8 nitrogen and oxygen atoms in total. The number of carbonyl (C=O) groups excluding carboxylic acids is 1. The smallest absolute Gasteiger partial charge is 0.274 e. The summed E-state index contributed by atoms with van der Waals surface area (Å²) in [7, 11) is 0. The third-order valence-electron chi connectivity index (χ3n) is 4.82. The molecule has 156 valence electrons. The molecule has 1 N–H and O–H groups in total. The molecule has 5 rings (SSSR count). The van der Waals surface area contributed by atoms with Gasteiger partial charge in [-0.2, -0.15) is 4.98 Å². The first-order valence-electron chi connectivity index (χ1n) is 9.56. The topological polar surface area (TPSA) is 91.4 Å². The second-order valence-corrected chi connectivity index (χ2v) is 6.92. The van der Waals surface area contributed by atoms with Gasteiger partial charge in [0.15, 0.2) is 11.5 Å². The average molecular weight is 420 g/mol. The summed E-state index contributed by atoms with van der Waals surface area (Å²) in [4.78, 5) is 16.8. The molecule has 0 saturated carbocycles. The van der Waals surface area contributed by atoms with Gasteiger partial charge in [-0.05, 0) is 48.0 Å². The Morgan fingerprint density at radius 1 is 1.10 bits per heavy atom. The highest BCUT2D eigenvalue weighted by molar-refractivity contribution is 5.76. The molecule has 1 aliphatic rings. The van der Waals surface area contributed by atoms with Crippen molar-refractivity contribution in [3.8, 4) is 34.5 Å². The average Bonchev–Trinajstić information content (AvgIpc) is 3.53. The number of benzene rings is 2. The molecule has 1 amide bonds. The lowest BCUT2D eigenvalue weighted by Crippen LogP contribution is -2.27. The van der Waals surface area contributed by atoms with Crippen LogP contribution in [0.3, 0.4) is 0 Å². The Bertz CT molecular complexity index is 1230. The molecule has 2 aromatic heterocycles. The van der Waals surface area contributed by atoms with Crippen molar-refractivity contribution in [2.75, 3.05) is 6.79 Å². The SMILES string of the molecule is O=C(Cn1cccc1-c1nc(-c2ccc3c(c2)OCO3)no1)NCc1ccc(F)cc1. The zero-order valence-corrected chi connectivity index (χ0v) is 16.2. The highest BCUT2D eigenvalue weighted by atomic mass is 19.1. The third-order valence-corrected chi connectivity index (χ3v) is 4.82. The summed E-state index contributed by atoms with van der Waals surface area (Å²) < 4.78 is 30.8. The van der Waals surface area contributed by atoms with Crippen LogP contribution in [0.15, 0.2) is 65.3 Å². The Balaban J connectivity index is 1.28. The van der Waals surface area contributed by atoms with Crippen molar-refractivity contribution in [3.63, 3.8) is 0 Å². The number of carbonyl (C=O) groups is 1. The van der Waals surface area contributed by atoms with Gasteiger partial charge >= 0.3 is 0 Å². The summed E-state index contributed by atoms with van der Waals surface area (Å²) in [5.41, 5.74) is 2.17. The minimum Gasteiger partial charge on any atom is -0.454 e. The third kappa shape index (κ3) is 3.97. The molecule has 3 heterocycles. The quantitative estimate of drug-likeness (QED) is 0.514. The van der Waals surface area contributed by atoms with Crippen LogP contribution < -0.4 is 14.8 Å². The zero-order valence-electron chi connectivity index (χ0n) is 16.2. The summed E-state index contributed by atoms with van der Waals surface area (Å²) in [6.07, 6.45) is 1.76. The van der Waals surface area contributed by atoms with E-state index in [-0.39, 0.29) is 25.1 Å². The van der Waals surface area contributed by atoms with E-state index in [0.717, 1.165) is 11.1 Å². The predicted octanol–water partition coefficient (Wildman–Crippen LogP) is 3.39. The summed E-state index contributed by atoms with van der Waals surface area (Å²) in [5.74, 6) is 1.49. The lowest BCUT2D eigenvalue weighted by Gasteiger charge is -2.08. The molecule has 9 heteroatoms. The summed E-state index contributed by atoms with van der Waals surface area (Å²) in [6.45, 7) is 0.572. The van der Waals surface area contributed by atoms with Crippen LogP contribution in [-0.4, -0.2) is 27.4 Å². The molecule has 2 aromatic carbocycles. The van der Waals surface area contributed by atoms with E-state index in [4.69, 9.17) is 14.0 Å². The number of aromatic nitrogens is 3. The van der Waals surface area contributed by atoms with Crippen LogP contribution in [0.2, 0.25) is 0 Å². The lowest BCUT2D eigenvalue weighted by atomic mass is 10.2. The molecular weight excluding hydrogens is 403 g/mol. The zero-order chi connectivity index (χ0) is 21.2. The largest absolute Gasteiger partial charge is 0.454 e. The minimum absolute atomic E-state index is 0.0747. The van der Waals surface area contributed by atoms with E-state index < -0.39 is 0 Å². The van der Waals surface area contributed by atoms with E-state index in [1.807, 2.05) is 6.07 Å². The van der Waals surface area contributed by atoms with Gasteiger partial charge in [0.2, 0.25) is 18.5 Å². The number of nitrogens with one attached hydrogen (secondary N) is 1. The number of halogens is 1. The fourth-order valence-electron chi connectivity index (χ4n) is 3.24. The number of rotatable bonds is 6. The van der Waals surface area contributed by atoms with E-state index >= 15 is 0 Å². The monoisotopic (exact) mass is 420 g/mol. The Hall–Kier alpha value is -4.14. The molecule has 31 heavy (non-hydrogen) atoms. The Labute approximate surface area is 176 Å². The summed E-state index contributed by atoms with van der Waals surface area (Å²) in [5, 5.41) is 6.86. The standard InChI is InChI=1S/C22H17FN4O4/c23-16-6-3-14(4-7-16)11-24-20(28)12-27-9-1-2-17(27)22-25-21(26-31-22)15-5-8-18-19(10-15)30-13-29-18/h1-10H,11-13H2,(H,24,28). The fraction of sp³-hybridized carbons (Fsp3) is 0.136. The molecule has 0 bridgehead atoms. The molecule has 1 aliphatic heterocycles. The Kier molecular flexibility index (Phi) is 4.83. The summed E-state index contributed by atoms with van der Waals surface area (Å²) in [6, 6.07) is 15.0. The maximum atomic E-state index is 13.0. The van der Waals surface area contributed by atoms with Gasteiger partial charge < -0.3 is 23.9 Å². The molecular formula is C22H17FN4O4. The van der Waals surface area contributed by atoms with Gasteiger partial charge in [0.1, 0.15) is 18.1 Å². The molecule has 0 fully saturated rings. The molecule has 0 saturated heterocycles. The van der Waals surface area contributed by atoms with Crippen molar-refractivity contribution < 1.29 is 23.2 Å². The van der Waals surface area contributed by atoms with Crippen molar-refractivity contribution in [1.29, 1.82) is 0 Å². The first-order valence-corrected chi connectivity index (χ1v) is 9.56. The van der Waals surface area contributed by atoms with Gasteiger partial charge in [-0.1, -0.05) is 17.3 Å². The second-order valence-electron chi connectivity index (χ2n) is 6.92. The van der Waals surface area contributed by atoms with Crippen molar-refractivity contribution in [3.05, 3.63) is 72.2 Å². The first-order chi connectivity index (χ1) is 15.2. The van der Waals surface area contributed by atoms with Gasteiger partial charge in [-0.15, -0.1) is 0 Å². The van der Waals surface area contributed by atoms with Crippen LogP contribution in [0, 0.1) is 5.82 Å². The van der Waals surface area contributed by atoms with Crippen LogP contribution in [0.1, 0.15) is 5.56 Å². The maximum absolute atomic E-state index is 13.0. The van der Waals surface area contributed by atoms with Crippen molar-refractivity contribution >= 4 is 5.91 Å². The van der Waals surface area contributed by atoms with Crippen molar-refractivity contribution in [2.24, 2.45) is 0 Å². The van der Waals surface area contributed by atoms with Crippen LogP contribution >= 0.6 is 0 Å². The number of hydrogen-bond donors (Lipinski definition) is 1. The highest BCUT2D eigenvalue weighted by Crippen LogP contribution is 2.35. The van der Waals surface area contributed by atoms with E-state index in [0.29, 0.717) is 35.5 Å². The van der Waals surface area contributed by atoms with Crippen LogP contribution in [-0.2, 0) is 17.9 Å². The van der Waals surface area contributed by atoms with Crippen LogP contribution in [0.25, 0.3) is 23.0 Å². The number of hydrogen-bond acceptors (Lipinski definition) is 6. The Morgan fingerprint density at radius 3 is 2.81 bits per heavy atom.